The molecule has 9 heteroatoms. The fourth-order valence-corrected chi connectivity index (χ4v) is 2.95. The van der Waals surface area contributed by atoms with Gasteiger partial charge >= 0.3 is 12.0 Å². The van der Waals surface area contributed by atoms with Gasteiger partial charge in [0.1, 0.15) is 16.9 Å². The van der Waals surface area contributed by atoms with E-state index in [1.165, 1.54) is 17.0 Å². The Balaban J connectivity index is 1.72. The molecule has 2 amide bonds. The second-order valence-corrected chi connectivity index (χ2v) is 8.15. The number of benzene rings is 2. The van der Waals surface area contributed by atoms with Crippen molar-refractivity contribution in [2.45, 2.75) is 26.4 Å². The van der Waals surface area contributed by atoms with E-state index in [0.29, 0.717) is 15.8 Å². The number of carbonyl (C=O) groups is 2. The third-order valence-electron chi connectivity index (χ3n) is 3.78. The standard InChI is InChI=1S/C20H19BrFN3O4/c1-20(2,3)29-19(27)25(4)13-7-5-12(6-8-13)23-17(26)18-24-15-10-11(22)9-14(21)16(15)28-18/h5-10H,1-4H3,(H,23,26). The van der Waals surface area contributed by atoms with Gasteiger partial charge in [0.2, 0.25) is 0 Å². The maximum Gasteiger partial charge on any atom is 0.414 e. The molecule has 0 aliphatic rings. The van der Waals surface area contributed by atoms with Crippen LogP contribution >= 0.6 is 15.9 Å². The summed E-state index contributed by atoms with van der Waals surface area (Å²) in [6.45, 7) is 5.36. The van der Waals surface area contributed by atoms with Crippen LogP contribution in [0.1, 0.15) is 31.5 Å². The average Bonchev–Trinajstić information content (AvgIpc) is 3.05. The first-order valence-corrected chi connectivity index (χ1v) is 9.46. The van der Waals surface area contributed by atoms with Crippen LogP contribution in [0.15, 0.2) is 45.3 Å². The molecule has 0 bridgehead atoms. The molecule has 7 nitrogen and oxygen atoms in total. The van der Waals surface area contributed by atoms with E-state index >= 15 is 0 Å². The molecule has 0 radical (unpaired) electrons. The molecule has 0 fully saturated rings. The minimum absolute atomic E-state index is 0.193. The van der Waals surface area contributed by atoms with Crippen molar-refractivity contribution >= 4 is 50.4 Å². The van der Waals surface area contributed by atoms with Crippen molar-refractivity contribution in [3.8, 4) is 0 Å². The van der Waals surface area contributed by atoms with Crippen LogP contribution in [0.4, 0.5) is 20.6 Å². The highest BCUT2D eigenvalue weighted by molar-refractivity contribution is 9.10. The number of aromatic nitrogens is 1. The van der Waals surface area contributed by atoms with Gasteiger partial charge in [0.15, 0.2) is 5.58 Å². The maximum absolute atomic E-state index is 13.5. The number of anilines is 2. The zero-order valence-electron chi connectivity index (χ0n) is 16.2. The molecular formula is C20H19BrFN3O4. The lowest BCUT2D eigenvalue weighted by molar-refractivity contribution is 0.0589. The summed E-state index contributed by atoms with van der Waals surface area (Å²) in [5.41, 5.74) is 0.987. The number of oxazole rings is 1. The van der Waals surface area contributed by atoms with Crippen LogP contribution in [0.3, 0.4) is 0 Å². The molecule has 0 saturated carbocycles. The van der Waals surface area contributed by atoms with Gasteiger partial charge in [-0.1, -0.05) is 0 Å². The number of hydrogen-bond acceptors (Lipinski definition) is 5. The summed E-state index contributed by atoms with van der Waals surface area (Å²) in [5.74, 6) is -1.27. The van der Waals surface area contributed by atoms with E-state index < -0.39 is 23.4 Å². The summed E-state index contributed by atoms with van der Waals surface area (Å²) >= 11 is 3.18. The second kappa shape index (κ2) is 7.82. The Hall–Kier alpha value is -2.94. The van der Waals surface area contributed by atoms with E-state index in [1.807, 2.05) is 0 Å². The summed E-state index contributed by atoms with van der Waals surface area (Å²) in [4.78, 5) is 29.9. The highest BCUT2D eigenvalue weighted by Gasteiger charge is 2.21. The van der Waals surface area contributed by atoms with E-state index in [2.05, 4.69) is 26.2 Å². The van der Waals surface area contributed by atoms with Crippen LogP contribution in [-0.4, -0.2) is 29.6 Å². The van der Waals surface area contributed by atoms with Gasteiger partial charge in [-0.3, -0.25) is 9.69 Å². The van der Waals surface area contributed by atoms with E-state index in [-0.39, 0.29) is 17.0 Å². The van der Waals surface area contributed by atoms with Crippen molar-refractivity contribution < 1.29 is 23.1 Å². The molecule has 1 heterocycles. The lowest BCUT2D eigenvalue weighted by atomic mass is 10.2. The van der Waals surface area contributed by atoms with Gasteiger partial charge in [0.25, 0.3) is 5.89 Å². The maximum atomic E-state index is 13.5. The Bertz CT molecular complexity index is 1070. The predicted molar refractivity (Wildman–Crippen MR) is 111 cm³/mol. The quantitative estimate of drug-likeness (QED) is 0.565. The van der Waals surface area contributed by atoms with Gasteiger partial charge < -0.3 is 14.5 Å². The van der Waals surface area contributed by atoms with Gasteiger partial charge in [-0.15, -0.1) is 0 Å². The third kappa shape index (κ3) is 4.92. The van der Waals surface area contributed by atoms with Crippen molar-refractivity contribution in [3.05, 3.63) is 52.6 Å². The SMILES string of the molecule is CN(C(=O)OC(C)(C)C)c1ccc(NC(=O)c2nc3cc(F)cc(Br)c3o2)cc1. The second-order valence-electron chi connectivity index (χ2n) is 7.30. The minimum atomic E-state index is -0.600. The van der Waals surface area contributed by atoms with E-state index in [0.717, 1.165) is 0 Å². The number of hydrogen-bond donors (Lipinski definition) is 1. The summed E-state index contributed by atoms with van der Waals surface area (Å²) in [7, 11) is 1.59. The molecule has 3 rings (SSSR count). The first-order valence-electron chi connectivity index (χ1n) is 8.67. The molecule has 2 aromatic carbocycles. The molecule has 152 valence electrons. The monoisotopic (exact) mass is 463 g/mol. The molecule has 1 aromatic heterocycles. The number of amides is 2. The molecular weight excluding hydrogens is 445 g/mol. The predicted octanol–water partition coefficient (Wildman–Crippen LogP) is 5.35. The van der Waals surface area contributed by atoms with E-state index in [1.54, 1.807) is 52.1 Å². The van der Waals surface area contributed by atoms with Crippen LogP contribution in [-0.2, 0) is 4.74 Å². The van der Waals surface area contributed by atoms with Crippen molar-refractivity contribution in [1.82, 2.24) is 4.98 Å². The largest absolute Gasteiger partial charge is 0.443 e. The fraction of sp³-hybridized carbons (Fsp3) is 0.250. The number of fused-ring (bicyclic) bond motifs is 1. The molecule has 0 unspecified atom stereocenters. The highest BCUT2D eigenvalue weighted by Crippen LogP contribution is 2.27. The van der Waals surface area contributed by atoms with Gasteiger partial charge in [-0.25, -0.2) is 14.2 Å². The van der Waals surface area contributed by atoms with Crippen molar-refractivity contribution in [2.75, 3.05) is 17.3 Å². The lowest BCUT2D eigenvalue weighted by Crippen LogP contribution is -2.34. The van der Waals surface area contributed by atoms with E-state index in [9.17, 15) is 14.0 Å². The Morgan fingerprint density at radius 1 is 1.21 bits per heavy atom. The van der Waals surface area contributed by atoms with Gasteiger partial charge in [-0.2, -0.15) is 0 Å². The molecule has 0 aliphatic carbocycles. The van der Waals surface area contributed by atoms with Gasteiger partial charge in [0, 0.05) is 24.5 Å². The first kappa shape index (κ1) is 20.8. The van der Waals surface area contributed by atoms with Crippen molar-refractivity contribution in [2.24, 2.45) is 0 Å². The average molecular weight is 464 g/mol. The fourth-order valence-electron chi connectivity index (χ4n) is 2.45. The highest BCUT2D eigenvalue weighted by atomic mass is 79.9. The molecule has 0 aliphatic heterocycles. The molecule has 3 aromatic rings. The summed E-state index contributed by atoms with van der Waals surface area (Å²) in [5, 5.41) is 2.65. The lowest BCUT2D eigenvalue weighted by Gasteiger charge is -2.24. The van der Waals surface area contributed by atoms with Crippen LogP contribution < -0.4 is 10.2 Å². The summed E-state index contributed by atoms with van der Waals surface area (Å²) in [6.07, 6.45) is -0.487. The van der Waals surface area contributed by atoms with Crippen LogP contribution in [0.2, 0.25) is 0 Å². The third-order valence-corrected chi connectivity index (χ3v) is 4.37. The zero-order valence-corrected chi connectivity index (χ0v) is 17.8. The Morgan fingerprint density at radius 2 is 1.86 bits per heavy atom. The molecule has 1 N–H and O–H groups in total. The topological polar surface area (TPSA) is 84.7 Å². The first-order chi connectivity index (χ1) is 13.5. The van der Waals surface area contributed by atoms with Crippen LogP contribution in [0, 0.1) is 5.82 Å². The Morgan fingerprint density at radius 3 is 2.48 bits per heavy atom. The number of carbonyl (C=O) groups excluding carboxylic acids is 2. The Labute approximate surface area is 175 Å². The molecule has 0 saturated heterocycles. The smallest absolute Gasteiger partial charge is 0.414 e. The van der Waals surface area contributed by atoms with Crippen molar-refractivity contribution in [1.29, 1.82) is 0 Å². The zero-order chi connectivity index (χ0) is 21.3. The van der Waals surface area contributed by atoms with Crippen LogP contribution in [0.25, 0.3) is 11.1 Å². The normalized spacial score (nSPS) is 11.4. The number of ether oxygens (including phenoxy) is 1. The van der Waals surface area contributed by atoms with Crippen LogP contribution in [0.5, 0.6) is 0 Å². The number of halogens is 2. The minimum Gasteiger partial charge on any atom is -0.443 e. The van der Waals surface area contributed by atoms with Gasteiger partial charge in [0.05, 0.1) is 4.47 Å². The molecule has 0 spiro atoms. The number of nitrogens with zero attached hydrogens (tertiary/aromatic N) is 2. The summed E-state index contributed by atoms with van der Waals surface area (Å²) in [6, 6.07) is 9.00. The molecule has 0 atom stereocenters. The van der Waals surface area contributed by atoms with E-state index in [4.69, 9.17) is 9.15 Å². The van der Waals surface area contributed by atoms with Crippen molar-refractivity contribution in [3.63, 3.8) is 0 Å². The van der Waals surface area contributed by atoms with Gasteiger partial charge in [-0.05, 0) is 67.0 Å². The number of nitrogens with one attached hydrogen (secondary N) is 1. The molecule has 29 heavy (non-hydrogen) atoms. The summed E-state index contributed by atoms with van der Waals surface area (Å²) < 4.78 is 24.6. The Kier molecular flexibility index (Phi) is 5.61. The number of rotatable bonds is 3.